The Kier molecular flexibility index (Phi) is 9.44. The third-order valence-electron chi connectivity index (χ3n) is 4.14. The SMILES string of the molecule is C=CCCCCCCCCC(=O)OCc1cn(-c2cccc(F)c2I)nn1. The fourth-order valence-electron chi connectivity index (χ4n) is 2.64. The van der Waals surface area contributed by atoms with Gasteiger partial charge in [0.15, 0.2) is 0 Å². The lowest BCUT2D eigenvalue weighted by molar-refractivity contribution is -0.145. The molecule has 0 aliphatic heterocycles. The Morgan fingerprint density at radius 2 is 1.96 bits per heavy atom. The van der Waals surface area contributed by atoms with E-state index in [2.05, 4.69) is 16.9 Å². The largest absolute Gasteiger partial charge is 0.459 e. The molecule has 5 nitrogen and oxygen atoms in total. The first-order chi connectivity index (χ1) is 13.1. The van der Waals surface area contributed by atoms with Gasteiger partial charge in [0, 0.05) is 6.42 Å². The van der Waals surface area contributed by atoms with Gasteiger partial charge < -0.3 is 4.74 Å². The number of allylic oxidation sites excluding steroid dienone is 1. The van der Waals surface area contributed by atoms with Crippen molar-refractivity contribution in [2.24, 2.45) is 0 Å². The maximum absolute atomic E-state index is 13.6. The highest BCUT2D eigenvalue weighted by Gasteiger charge is 2.11. The summed E-state index contributed by atoms with van der Waals surface area (Å²) in [5.74, 6) is -0.533. The Hall–Kier alpha value is -1.77. The summed E-state index contributed by atoms with van der Waals surface area (Å²) in [5, 5.41) is 7.96. The molecule has 0 aliphatic carbocycles. The van der Waals surface area contributed by atoms with Crippen LogP contribution >= 0.6 is 22.6 Å². The van der Waals surface area contributed by atoms with Gasteiger partial charge in [0.1, 0.15) is 18.1 Å². The normalized spacial score (nSPS) is 10.7. The van der Waals surface area contributed by atoms with Gasteiger partial charge in [-0.05, 0) is 54.0 Å². The fourth-order valence-corrected chi connectivity index (χ4v) is 3.25. The minimum atomic E-state index is -0.308. The van der Waals surface area contributed by atoms with Crippen LogP contribution in [-0.2, 0) is 16.1 Å². The second-order valence-corrected chi connectivity index (χ2v) is 7.42. The number of hydrogen-bond acceptors (Lipinski definition) is 4. The molecule has 0 saturated carbocycles. The Morgan fingerprint density at radius 1 is 1.22 bits per heavy atom. The van der Waals surface area contributed by atoms with Gasteiger partial charge in [0.2, 0.25) is 0 Å². The molecule has 0 amide bonds. The zero-order chi connectivity index (χ0) is 19.5. The lowest BCUT2D eigenvalue weighted by Gasteiger charge is -2.04. The van der Waals surface area contributed by atoms with Crippen LogP contribution in [0.2, 0.25) is 0 Å². The smallest absolute Gasteiger partial charge is 0.306 e. The average molecular weight is 485 g/mol. The van der Waals surface area contributed by atoms with Crippen molar-refractivity contribution in [1.29, 1.82) is 0 Å². The molecule has 0 saturated heterocycles. The average Bonchev–Trinajstić information content (AvgIpc) is 3.13. The molecule has 1 aromatic carbocycles. The van der Waals surface area contributed by atoms with Crippen LogP contribution in [-0.4, -0.2) is 21.0 Å². The van der Waals surface area contributed by atoms with Gasteiger partial charge in [-0.15, -0.1) is 11.7 Å². The molecule has 0 unspecified atom stereocenters. The van der Waals surface area contributed by atoms with E-state index in [1.54, 1.807) is 18.3 Å². The molecule has 2 aromatic rings. The van der Waals surface area contributed by atoms with E-state index in [0.717, 1.165) is 25.7 Å². The van der Waals surface area contributed by atoms with Gasteiger partial charge in [-0.3, -0.25) is 4.79 Å². The first-order valence-electron chi connectivity index (χ1n) is 9.24. The molecule has 1 heterocycles. The van der Waals surface area contributed by atoms with E-state index < -0.39 is 0 Å². The number of esters is 1. The topological polar surface area (TPSA) is 57.0 Å². The standard InChI is InChI=1S/C20H25FIN3O2/c1-2-3-4-5-6-7-8-9-13-19(26)27-15-16-14-25(24-23-16)18-12-10-11-17(21)20(18)22/h2,10-12,14H,1,3-9,13,15H2. The van der Waals surface area contributed by atoms with Gasteiger partial charge in [-0.25, -0.2) is 9.07 Å². The van der Waals surface area contributed by atoms with E-state index in [0.29, 0.717) is 21.4 Å². The predicted octanol–water partition coefficient (Wildman–Crippen LogP) is 5.36. The van der Waals surface area contributed by atoms with Gasteiger partial charge in [-0.1, -0.05) is 43.0 Å². The Balaban J connectivity index is 1.67. The molecule has 0 N–H and O–H groups in total. The number of carbonyl (C=O) groups is 1. The molecule has 0 aliphatic rings. The lowest BCUT2D eigenvalue weighted by Crippen LogP contribution is -2.04. The van der Waals surface area contributed by atoms with Crippen molar-refractivity contribution in [2.45, 2.75) is 58.0 Å². The molecule has 0 bridgehead atoms. The summed E-state index contributed by atoms with van der Waals surface area (Å²) < 4.78 is 20.8. The van der Waals surface area contributed by atoms with Crippen molar-refractivity contribution < 1.29 is 13.9 Å². The molecule has 146 valence electrons. The molecular formula is C20H25FIN3O2. The van der Waals surface area contributed by atoms with Crippen molar-refractivity contribution in [3.05, 3.63) is 52.1 Å². The predicted molar refractivity (Wildman–Crippen MR) is 111 cm³/mol. The van der Waals surface area contributed by atoms with E-state index in [9.17, 15) is 9.18 Å². The van der Waals surface area contributed by atoms with E-state index in [1.165, 1.54) is 30.0 Å². The van der Waals surface area contributed by atoms with Crippen LogP contribution in [0, 0.1) is 9.39 Å². The highest BCUT2D eigenvalue weighted by Crippen LogP contribution is 2.19. The number of aromatic nitrogens is 3. The summed E-state index contributed by atoms with van der Waals surface area (Å²) in [7, 11) is 0. The molecule has 27 heavy (non-hydrogen) atoms. The number of rotatable bonds is 12. The summed E-state index contributed by atoms with van der Waals surface area (Å²) in [6.07, 6.45) is 11.7. The summed E-state index contributed by atoms with van der Waals surface area (Å²) in [4.78, 5) is 11.8. The molecular weight excluding hydrogens is 460 g/mol. The second-order valence-electron chi connectivity index (χ2n) is 6.34. The second kappa shape index (κ2) is 11.8. The van der Waals surface area contributed by atoms with Crippen molar-refractivity contribution in [2.75, 3.05) is 0 Å². The summed E-state index contributed by atoms with van der Waals surface area (Å²) in [6.45, 7) is 3.79. The first-order valence-corrected chi connectivity index (χ1v) is 10.3. The minimum absolute atomic E-state index is 0.0757. The van der Waals surface area contributed by atoms with Crippen molar-refractivity contribution >= 4 is 28.6 Å². The van der Waals surface area contributed by atoms with Crippen LogP contribution in [0.1, 0.15) is 57.1 Å². The van der Waals surface area contributed by atoms with E-state index in [1.807, 2.05) is 28.7 Å². The van der Waals surface area contributed by atoms with E-state index >= 15 is 0 Å². The number of carbonyl (C=O) groups excluding carboxylic acids is 1. The molecule has 2 rings (SSSR count). The Bertz CT molecular complexity index is 749. The number of halogens is 2. The lowest BCUT2D eigenvalue weighted by atomic mass is 10.1. The number of unbranched alkanes of at least 4 members (excludes halogenated alkanes) is 6. The number of nitrogens with zero attached hydrogens (tertiary/aromatic N) is 3. The number of benzene rings is 1. The van der Waals surface area contributed by atoms with Gasteiger partial charge in [-0.2, -0.15) is 0 Å². The van der Waals surface area contributed by atoms with Gasteiger partial charge in [0.05, 0.1) is 15.5 Å². The quantitative estimate of drug-likeness (QED) is 0.176. The Labute approximate surface area is 173 Å². The van der Waals surface area contributed by atoms with Gasteiger partial charge in [0.25, 0.3) is 0 Å². The zero-order valence-corrected chi connectivity index (χ0v) is 17.5. The minimum Gasteiger partial charge on any atom is -0.459 e. The van der Waals surface area contributed by atoms with Crippen LogP contribution in [0.5, 0.6) is 0 Å². The van der Waals surface area contributed by atoms with Crippen LogP contribution in [0.4, 0.5) is 4.39 Å². The molecule has 0 atom stereocenters. The Morgan fingerprint density at radius 3 is 2.74 bits per heavy atom. The fraction of sp³-hybridized carbons (Fsp3) is 0.450. The first kappa shape index (κ1) is 21.5. The highest BCUT2D eigenvalue weighted by atomic mass is 127. The van der Waals surface area contributed by atoms with Crippen molar-refractivity contribution in [3.63, 3.8) is 0 Å². The summed E-state index contributed by atoms with van der Waals surface area (Å²) >= 11 is 1.93. The third kappa shape index (κ3) is 7.40. The molecule has 1 aromatic heterocycles. The van der Waals surface area contributed by atoms with Crippen molar-refractivity contribution in [3.8, 4) is 5.69 Å². The third-order valence-corrected chi connectivity index (χ3v) is 5.21. The van der Waals surface area contributed by atoms with Gasteiger partial charge >= 0.3 is 5.97 Å². The monoisotopic (exact) mass is 485 g/mol. The molecule has 0 radical (unpaired) electrons. The van der Waals surface area contributed by atoms with Crippen LogP contribution in [0.3, 0.4) is 0 Å². The maximum Gasteiger partial charge on any atom is 0.306 e. The highest BCUT2D eigenvalue weighted by molar-refractivity contribution is 14.1. The van der Waals surface area contributed by atoms with Crippen LogP contribution in [0.15, 0.2) is 37.1 Å². The molecule has 7 heteroatoms. The molecule has 0 spiro atoms. The van der Waals surface area contributed by atoms with Crippen LogP contribution < -0.4 is 0 Å². The summed E-state index contributed by atoms with van der Waals surface area (Å²) in [6, 6.07) is 4.77. The molecule has 0 fully saturated rings. The van der Waals surface area contributed by atoms with Crippen LogP contribution in [0.25, 0.3) is 5.69 Å². The maximum atomic E-state index is 13.6. The van der Waals surface area contributed by atoms with E-state index in [-0.39, 0.29) is 18.4 Å². The number of ether oxygens (including phenoxy) is 1. The number of hydrogen-bond donors (Lipinski definition) is 0. The zero-order valence-electron chi connectivity index (χ0n) is 15.4. The van der Waals surface area contributed by atoms with Crippen molar-refractivity contribution in [1.82, 2.24) is 15.0 Å². The summed E-state index contributed by atoms with van der Waals surface area (Å²) in [5.41, 5.74) is 1.14. The van der Waals surface area contributed by atoms with E-state index in [4.69, 9.17) is 4.74 Å².